The Kier molecular flexibility index (Phi) is 3.85. The minimum absolute atomic E-state index is 0.347. The van der Waals surface area contributed by atoms with Crippen molar-refractivity contribution >= 4 is 10.0 Å². The third-order valence-electron chi connectivity index (χ3n) is 5.04. The maximum Gasteiger partial charge on any atom is 0.244 e. The molecule has 2 fully saturated rings. The average molecular weight is 312 g/mol. The highest BCUT2D eigenvalue weighted by molar-refractivity contribution is 7.89. The maximum absolute atomic E-state index is 12.9. The molecule has 6 nitrogen and oxygen atoms in total. The van der Waals surface area contributed by atoms with Gasteiger partial charge in [0.2, 0.25) is 10.0 Å². The van der Waals surface area contributed by atoms with Crippen LogP contribution in [0.1, 0.15) is 25.0 Å². The first-order chi connectivity index (χ1) is 9.93. The molecule has 2 aliphatic heterocycles. The van der Waals surface area contributed by atoms with E-state index >= 15 is 0 Å². The highest BCUT2D eigenvalue weighted by Gasteiger charge is 2.38. The van der Waals surface area contributed by atoms with E-state index in [-0.39, 0.29) is 0 Å². The van der Waals surface area contributed by atoms with Crippen LogP contribution in [0.4, 0.5) is 0 Å². The Morgan fingerprint density at radius 1 is 1.24 bits per heavy atom. The Morgan fingerprint density at radius 2 is 1.95 bits per heavy atom. The summed E-state index contributed by atoms with van der Waals surface area (Å²) in [6, 6.07) is 2.58. The molecule has 0 aliphatic carbocycles. The van der Waals surface area contributed by atoms with E-state index in [1.54, 1.807) is 21.1 Å². The van der Waals surface area contributed by atoms with Crippen LogP contribution in [0.3, 0.4) is 0 Å². The summed E-state index contributed by atoms with van der Waals surface area (Å²) in [5.74, 6) is 0. The molecular formula is C14H24N4O2S. The molecule has 1 aromatic heterocycles. The van der Waals surface area contributed by atoms with Crippen LogP contribution in [-0.2, 0) is 23.6 Å². The summed E-state index contributed by atoms with van der Waals surface area (Å²) in [5.41, 5.74) is 6.48. The number of fused-ring (bicyclic) bond motifs is 2. The molecule has 2 unspecified atom stereocenters. The van der Waals surface area contributed by atoms with Gasteiger partial charge in [0.15, 0.2) is 0 Å². The molecule has 118 valence electrons. The molecule has 0 spiro atoms. The molecule has 1 aromatic rings. The zero-order chi connectivity index (χ0) is 15.2. The van der Waals surface area contributed by atoms with E-state index in [1.807, 2.05) is 7.05 Å². The van der Waals surface area contributed by atoms with Gasteiger partial charge in [-0.3, -0.25) is 4.90 Å². The molecule has 2 bridgehead atoms. The Labute approximate surface area is 126 Å². The van der Waals surface area contributed by atoms with Gasteiger partial charge in [-0.15, -0.1) is 0 Å². The molecule has 2 saturated heterocycles. The van der Waals surface area contributed by atoms with Gasteiger partial charge in [-0.2, -0.15) is 4.31 Å². The van der Waals surface area contributed by atoms with Crippen LogP contribution in [0.2, 0.25) is 0 Å². The van der Waals surface area contributed by atoms with E-state index in [0.717, 1.165) is 18.5 Å². The summed E-state index contributed by atoms with van der Waals surface area (Å²) in [4.78, 5) is 2.72. The van der Waals surface area contributed by atoms with Crippen LogP contribution >= 0.6 is 0 Å². The molecule has 2 atom stereocenters. The number of nitrogens with two attached hydrogens (primary N) is 1. The number of aromatic nitrogens is 1. The van der Waals surface area contributed by atoms with Crippen LogP contribution in [0.15, 0.2) is 17.2 Å². The van der Waals surface area contributed by atoms with E-state index in [0.29, 0.717) is 36.6 Å². The second-order valence-corrected chi connectivity index (χ2v) is 8.12. The van der Waals surface area contributed by atoms with Gasteiger partial charge >= 0.3 is 0 Å². The van der Waals surface area contributed by atoms with Crippen molar-refractivity contribution in [3.63, 3.8) is 0 Å². The lowest BCUT2D eigenvalue weighted by molar-refractivity contribution is 0.246. The monoisotopic (exact) mass is 312 g/mol. The molecular weight excluding hydrogens is 288 g/mol. The summed E-state index contributed by atoms with van der Waals surface area (Å²) in [7, 11) is 0.539. The molecule has 3 rings (SSSR count). The smallest absolute Gasteiger partial charge is 0.244 e. The zero-order valence-corrected chi connectivity index (χ0v) is 13.5. The van der Waals surface area contributed by atoms with Crippen molar-refractivity contribution in [2.75, 3.05) is 20.1 Å². The first-order valence-corrected chi connectivity index (χ1v) is 8.95. The van der Waals surface area contributed by atoms with Crippen LogP contribution in [0.25, 0.3) is 0 Å². The summed E-state index contributed by atoms with van der Waals surface area (Å²) < 4.78 is 29.2. The van der Waals surface area contributed by atoms with E-state index in [2.05, 4.69) is 11.9 Å². The lowest BCUT2D eigenvalue weighted by Crippen LogP contribution is -2.39. The third-order valence-corrected chi connectivity index (χ3v) is 6.87. The number of aryl methyl sites for hydroxylation is 1. The minimum Gasteiger partial charge on any atom is -0.352 e. The fourth-order valence-electron chi connectivity index (χ4n) is 3.57. The number of rotatable bonds is 3. The Balaban J connectivity index is 1.87. The lowest BCUT2D eigenvalue weighted by atomic mass is 10.1. The normalized spacial score (nSPS) is 28.0. The van der Waals surface area contributed by atoms with Crippen molar-refractivity contribution in [3.8, 4) is 0 Å². The van der Waals surface area contributed by atoms with Crippen LogP contribution in [0, 0.1) is 0 Å². The van der Waals surface area contributed by atoms with Crippen molar-refractivity contribution in [3.05, 3.63) is 18.0 Å². The predicted molar refractivity (Wildman–Crippen MR) is 81.3 cm³/mol. The summed E-state index contributed by atoms with van der Waals surface area (Å²) >= 11 is 0. The van der Waals surface area contributed by atoms with Crippen LogP contribution in [0.5, 0.6) is 0 Å². The number of nitrogens with zero attached hydrogens (tertiary/aromatic N) is 3. The first-order valence-electron chi connectivity index (χ1n) is 7.51. The predicted octanol–water partition coefficient (Wildman–Crippen LogP) is 0.341. The van der Waals surface area contributed by atoms with Crippen molar-refractivity contribution < 1.29 is 8.42 Å². The molecule has 2 N–H and O–H groups in total. The van der Waals surface area contributed by atoms with E-state index in [1.165, 1.54) is 6.42 Å². The van der Waals surface area contributed by atoms with Gasteiger partial charge in [-0.05, 0) is 32.4 Å². The summed E-state index contributed by atoms with van der Waals surface area (Å²) in [5, 5.41) is 0. The number of likely N-dealkylation sites (N-methyl/N-ethyl adjacent to an activating group) is 1. The van der Waals surface area contributed by atoms with Gasteiger partial charge < -0.3 is 10.3 Å². The maximum atomic E-state index is 12.9. The van der Waals surface area contributed by atoms with E-state index in [4.69, 9.17) is 5.73 Å². The SMILES string of the molecule is CN1C2CCC1CN(S(=O)(=O)c1cc(CN)n(C)c1)CC2. The average Bonchev–Trinajstić information content (AvgIpc) is 2.90. The molecule has 0 saturated carbocycles. The standard InChI is InChI=1S/C14H24N4O2S/c1-16-10-14(7-13(16)8-15)21(19,20)18-6-5-11-3-4-12(9-18)17(11)2/h7,10-12H,3-6,8-9,15H2,1-2H3. The van der Waals surface area contributed by atoms with Crippen LogP contribution in [-0.4, -0.2) is 54.4 Å². The Morgan fingerprint density at radius 3 is 2.62 bits per heavy atom. The summed E-state index contributed by atoms with van der Waals surface area (Å²) in [6.07, 6.45) is 4.88. The van der Waals surface area contributed by atoms with Crippen molar-refractivity contribution in [1.82, 2.24) is 13.8 Å². The van der Waals surface area contributed by atoms with Crippen LogP contribution < -0.4 is 5.73 Å². The second-order valence-electron chi connectivity index (χ2n) is 6.18. The highest BCUT2D eigenvalue weighted by Crippen LogP contribution is 2.31. The van der Waals surface area contributed by atoms with Gasteiger partial charge in [-0.1, -0.05) is 0 Å². The van der Waals surface area contributed by atoms with E-state index < -0.39 is 10.0 Å². The van der Waals surface area contributed by atoms with Gasteiger partial charge in [0.05, 0.1) is 0 Å². The first kappa shape index (κ1) is 15.0. The number of hydrogen-bond donors (Lipinski definition) is 1. The van der Waals surface area contributed by atoms with Crippen molar-refractivity contribution in [1.29, 1.82) is 0 Å². The Bertz CT molecular complexity index is 625. The molecule has 0 amide bonds. The van der Waals surface area contributed by atoms with Crippen molar-refractivity contribution in [2.24, 2.45) is 12.8 Å². The molecule has 0 radical (unpaired) electrons. The lowest BCUT2D eigenvalue weighted by Gasteiger charge is -2.24. The molecule has 2 aliphatic rings. The van der Waals surface area contributed by atoms with Gasteiger partial charge in [0, 0.05) is 50.7 Å². The highest BCUT2D eigenvalue weighted by atomic mass is 32.2. The van der Waals surface area contributed by atoms with E-state index in [9.17, 15) is 8.42 Å². The third kappa shape index (κ3) is 2.52. The topological polar surface area (TPSA) is 71.6 Å². The zero-order valence-electron chi connectivity index (χ0n) is 12.7. The van der Waals surface area contributed by atoms with Gasteiger partial charge in [-0.25, -0.2) is 8.42 Å². The fraction of sp³-hybridized carbons (Fsp3) is 0.714. The number of sulfonamides is 1. The van der Waals surface area contributed by atoms with Gasteiger partial charge in [0.1, 0.15) is 4.90 Å². The molecule has 0 aromatic carbocycles. The molecule has 3 heterocycles. The Hall–Kier alpha value is -0.890. The largest absolute Gasteiger partial charge is 0.352 e. The second kappa shape index (κ2) is 5.39. The fourth-order valence-corrected chi connectivity index (χ4v) is 5.15. The number of hydrogen-bond acceptors (Lipinski definition) is 4. The molecule has 7 heteroatoms. The quantitative estimate of drug-likeness (QED) is 0.874. The molecule has 21 heavy (non-hydrogen) atoms. The van der Waals surface area contributed by atoms with Crippen molar-refractivity contribution in [2.45, 2.75) is 42.8 Å². The minimum atomic E-state index is -3.41. The van der Waals surface area contributed by atoms with Gasteiger partial charge in [0.25, 0.3) is 0 Å². The summed E-state index contributed by atoms with van der Waals surface area (Å²) in [6.45, 7) is 1.56.